The molecular formula is C24H35N3O5. The summed E-state index contributed by atoms with van der Waals surface area (Å²) in [5.41, 5.74) is 0.146. The van der Waals surface area contributed by atoms with Crippen molar-refractivity contribution in [2.75, 3.05) is 19.6 Å². The van der Waals surface area contributed by atoms with Gasteiger partial charge in [-0.3, -0.25) is 4.79 Å². The first kappa shape index (κ1) is 24.0. The molecule has 0 aromatic heterocycles. The molecule has 0 radical (unpaired) electrons. The molecule has 2 atom stereocenters. The summed E-state index contributed by atoms with van der Waals surface area (Å²) < 4.78 is 10.7. The molecule has 0 spiro atoms. The lowest BCUT2D eigenvalue weighted by Gasteiger charge is -2.45. The third kappa shape index (κ3) is 7.51. The lowest BCUT2D eigenvalue weighted by Crippen LogP contribution is -2.57. The first-order valence-electron chi connectivity index (χ1n) is 11.4. The van der Waals surface area contributed by atoms with Crippen molar-refractivity contribution < 1.29 is 23.9 Å². The van der Waals surface area contributed by atoms with Crippen LogP contribution < -0.4 is 10.6 Å². The van der Waals surface area contributed by atoms with Crippen LogP contribution in [-0.2, 0) is 25.7 Å². The van der Waals surface area contributed by atoms with Gasteiger partial charge in [0.25, 0.3) is 0 Å². The molecule has 176 valence electrons. The summed E-state index contributed by atoms with van der Waals surface area (Å²) in [7, 11) is 0. The molecule has 3 heterocycles. The highest BCUT2D eigenvalue weighted by atomic mass is 16.6. The standard InChI is InChI=1S/C24H35N3O5/c1-24(2,3)32-23(30)26-19(22(29)31-16-17-7-5-4-6-8-17)9-10-21(28)25-20-15-27-13-11-18(20)12-14-27/h4-8,18-20H,9-16H2,1-3H3,(H,25,28)(H,26,30). The Labute approximate surface area is 190 Å². The molecule has 2 amide bonds. The number of carbonyl (C=O) groups is 3. The van der Waals surface area contributed by atoms with E-state index in [0.717, 1.165) is 38.0 Å². The van der Waals surface area contributed by atoms with Crippen molar-refractivity contribution in [3.05, 3.63) is 35.9 Å². The first-order valence-corrected chi connectivity index (χ1v) is 11.4. The Morgan fingerprint density at radius 3 is 2.41 bits per heavy atom. The lowest BCUT2D eigenvalue weighted by molar-refractivity contribution is -0.147. The molecule has 8 nitrogen and oxygen atoms in total. The van der Waals surface area contributed by atoms with Gasteiger partial charge in [0.15, 0.2) is 0 Å². The van der Waals surface area contributed by atoms with Gasteiger partial charge < -0.3 is 25.0 Å². The van der Waals surface area contributed by atoms with E-state index in [4.69, 9.17) is 9.47 Å². The Hall–Kier alpha value is -2.61. The predicted molar refractivity (Wildman–Crippen MR) is 120 cm³/mol. The summed E-state index contributed by atoms with van der Waals surface area (Å²) in [5, 5.41) is 5.69. The fourth-order valence-corrected chi connectivity index (χ4v) is 4.21. The Morgan fingerprint density at radius 1 is 1.12 bits per heavy atom. The maximum absolute atomic E-state index is 12.7. The number of esters is 1. The van der Waals surface area contributed by atoms with Gasteiger partial charge in [0.2, 0.25) is 5.91 Å². The molecule has 0 aliphatic carbocycles. The molecule has 2 unspecified atom stereocenters. The summed E-state index contributed by atoms with van der Waals surface area (Å²) in [6, 6.07) is 8.50. The molecule has 3 aliphatic heterocycles. The van der Waals surface area contributed by atoms with E-state index >= 15 is 0 Å². The largest absolute Gasteiger partial charge is 0.459 e. The number of carbonyl (C=O) groups excluding carboxylic acids is 3. The van der Waals surface area contributed by atoms with Crippen LogP contribution in [0.2, 0.25) is 0 Å². The van der Waals surface area contributed by atoms with Crippen LogP contribution in [0, 0.1) is 5.92 Å². The van der Waals surface area contributed by atoms with E-state index in [2.05, 4.69) is 15.5 Å². The number of hydrogen-bond donors (Lipinski definition) is 2. The number of amides is 2. The van der Waals surface area contributed by atoms with Gasteiger partial charge in [-0.2, -0.15) is 0 Å². The molecule has 2 bridgehead atoms. The van der Waals surface area contributed by atoms with Crippen LogP contribution in [0.4, 0.5) is 4.79 Å². The minimum absolute atomic E-state index is 0.0952. The van der Waals surface area contributed by atoms with E-state index in [9.17, 15) is 14.4 Å². The summed E-state index contributed by atoms with van der Waals surface area (Å²) in [6.07, 6.45) is 1.76. The fraction of sp³-hybridized carbons (Fsp3) is 0.625. The average Bonchev–Trinajstić information content (AvgIpc) is 2.75. The van der Waals surface area contributed by atoms with E-state index in [0.29, 0.717) is 5.92 Å². The second kappa shape index (κ2) is 10.8. The van der Waals surface area contributed by atoms with Crippen LogP contribution in [0.5, 0.6) is 0 Å². The van der Waals surface area contributed by atoms with Crippen molar-refractivity contribution in [3.63, 3.8) is 0 Å². The number of piperidine rings is 3. The number of ether oxygens (including phenoxy) is 2. The Morgan fingerprint density at radius 2 is 1.81 bits per heavy atom. The third-order valence-electron chi connectivity index (χ3n) is 5.86. The van der Waals surface area contributed by atoms with Gasteiger partial charge in [0.1, 0.15) is 18.2 Å². The number of benzene rings is 1. The van der Waals surface area contributed by atoms with Crippen molar-refractivity contribution in [1.82, 2.24) is 15.5 Å². The average molecular weight is 446 g/mol. The highest BCUT2D eigenvalue weighted by molar-refractivity contribution is 5.83. The number of nitrogens with zero attached hydrogens (tertiary/aromatic N) is 1. The van der Waals surface area contributed by atoms with Crippen LogP contribution in [0.15, 0.2) is 30.3 Å². The van der Waals surface area contributed by atoms with Gasteiger partial charge in [-0.05, 0) is 64.6 Å². The summed E-state index contributed by atoms with van der Waals surface area (Å²) in [6.45, 7) is 8.43. The zero-order valence-corrected chi connectivity index (χ0v) is 19.3. The Kier molecular flexibility index (Phi) is 8.12. The van der Waals surface area contributed by atoms with Crippen molar-refractivity contribution >= 4 is 18.0 Å². The van der Waals surface area contributed by atoms with E-state index < -0.39 is 23.7 Å². The molecule has 8 heteroatoms. The summed E-state index contributed by atoms with van der Waals surface area (Å²) >= 11 is 0. The number of alkyl carbamates (subject to hydrolysis) is 1. The summed E-state index contributed by atoms with van der Waals surface area (Å²) in [4.78, 5) is 39.9. The molecule has 2 N–H and O–H groups in total. The van der Waals surface area contributed by atoms with Crippen LogP contribution in [0.1, 0.15) is 52.0 Å². The van der Waals surface area contributed by atoms with Crippen LogP contribution in [0.3, 0.4) is 0 Å². The molecule has 1 aromatic carbocycles. The Bertz CT molecular complexity index is 785. The van der Waals surface area contributed by atoms with Gasteiger partial charge in [0.05, 0.1) is 0 Å². The van der Waals surface area contributed by atoms with Gasteiger partial charge in [-0.1, -0.05) is 30.3 Å². The van der Waals surface area contributed by atoms with E-state index in [1.807, 2.05) is 30.3 Å². The maximum Gasteiger partial charge on any atom is 0.408 e. The number of rotatable bonds is 8. The SMILES string of the molecule is CC(C)(C)OC(=O)NC(CCC(=O)NC1CN2CCC1CC2)C(=O)OCc1ccccc1. The summed E-state index contributed by atoms with van der Waals surface area (Å²) in [5.74, 6) is -0.179. The molecule has 4 rings (SSSR count). The van der Waals surface area contributed by atoms with Crippen LogP contribution in [-0.4, -0.2) is 60.2 Å². The van der Waals surface area contributed by atoms with Crippen molar-refractivity contribution in [2.45, 2.75) is 70.7 Å². The minimum Gasteiger partial charge on any atom is -0.459 e. The van der Waals surface area contributed by atoms with Gasteiger partial charge in [-0.25, -0.2) is 9.59 Å². The zero-order valence-electron chi connectivity index (χ0n) is 19.3. The molecule has 3 aliphatic rings. The molecular weight excluding hydrogens is 410 g/mol. The topological polar surface area (TPSA) is 97.0 Å². The van der Waals surface area contributed by atoms with Crippen molar-refractivity contribution in [1.29, 1.82) is 0 Å². The smallest absolute Gasteiger partial charge is 0.408 e. The Balaban J connectivity index is 1.53. The fourth-order valence-electron chi connectivity index (χ4n) is 4.21. The van der Waals surface area contributed by atoms with Crippen LogP contribution >= 0.6 is 0 Å². The molecule has 1 aromatic rings. The first-order chi connectivity index (χ1) is 15.2. The lowest BCUT2D eigenvalue weighted by atomic mass is 9.84. The quantitative estimate of drug-likeness (QED) is 0.597. The van der Waals surface area contributed by atoms with E-state index in [-0.39, 0.29) is 31.4 Å². The number of hydrogen-bond acceptors (Lipinski definition) is 6. The highest BCUT2D eigenvalue weighted by Gasteiger charge is 2.35. The van der Waals surface area contributed by atoms with Crippen molar-refractivity contribution in [3.8, 4) is 0 Å². The minimum atomic E-state index is -0.967. The van der Waals surface area contributed by atoms with E-state index in [1.54, 1.807) is 20.8 Å². The van der Waals surface area contributed by atoms with Crippen molar-refractivity contribution in [2.24, 2.45) is 5.92 Å². The number of nitrogens with one attached hydrogen (secondary N) is 2. The maximum atomic E-state index is 12.7. The third-order valence-corrected chi connectivity index (χ3v) is 5.86. The second-order valence-electron chi connectivity index (χ2n) is 9.64. The van der Waals surface area contributed by atoms with Gasteiger partial charge in [0, 0.05) is 19.0 Å². The highest BCUT2D eigenvalue weighted by Crippen LogP contribution is 2.27. The zero-order chi connectivity index (χ0) is 23.1. The monoisotopic (exact) mass is 445 g/mol. The number of fused-ring (bicyclic) bond motifs is 3. The van der Waals surface area contributed by atoms with Crippen LogP contribution in [0.25, 0.3) is 0 Å². The molecule has 0 saturated carbocycles. The predicted octanol–water partition coefficient (Wildman–Crippen LogP) is 2.61. The molecule has 32 heavy (non-hydrogen) atoms. The normalized spacial score (nSPS) is 23.2. The molecule has 3 fully saturated rings. The second-order valence-corrected chi connectivity index (χ2v) is 9.64. The van der Waals surface area contributed by atoms with Gasteiger partial charge in [-0.15, -0.1) is 0 Å². The van der Waals surface area contributed by atoms with E-state index in [1.165, 1.54) is 0 Å². The van der Waals surface area contributed by atoms with Gasteiger partial charge >= 0.3 is 12.1 Å². The molecule has 3 saturated heterocycles.